The van der Waals surface area contributed by atoms with Crippen LogP contribution < -0.4 is 20.7 Å². The third-order valence-corrected chi connectivity index (χ3v) is 8.01. The van der Waals surface area contributed by atoms with Gasteiger partial charge in [-0.25, -0.2) is 9.78 Å². The number of carbonyl (C=O) groups excluding carboxylic acids is 1. The number of methoxy groups -OCH3 is 2. The van der Waals surface area contributed by atoms with Gasteiger partial charge in [-0.05, 0) is 75.2 Å². The topological polar surface area (TPSA) is 111 Å². The minimum atomic E-state index is -0.414. The van der Waals surface area contributed by atoms with Crippen LogP contribution in [0.15, 0.2) is 54.7 Å². The molecule has 0 amide bonds. The van der Waals surface area contributed by atoms with E-state index in [1.807, 2.05) is 22.9 Å². The van der Waals surface area contributed by atoms with Crippen LogP contribution in [-0.4, -0.2) is 71.8 Å². The van der Waals surface area contributed by atoms with Crippen molar-refractivity contribution in [3.8, 4) is 11.4 Å². The van der Waals surface area contributed by atoms with Crippen molar-refractivity contribution in [1.82, 2.24) is 19.4 Å². The molecule has 4 aromatic rings. The lowest BCUT2D eigenvalue weighted by Gasteiger charge is -2.38. The van der Waals surface area contributed by atoms with E-state index in [1.165, 1.54) is 51.6 Å². The number of rotatable bonds is 7. The first-order valence-electron chi connectivity index (χ1n) is 13.8. The Morgan fingerprint density at radius 3 is 2.55 bits per heavy atom. The van der Waals surface area contributed by atoms with Crippen molar-refractivity contribution in [2.45, 2.75) is 31.7 Å². The molecule has 0 saturated carbocycles. The molecule has 6 rings (SSSR count). The number of hydrogen-bond donors (Lipinski definition) is 2. The lowest BCUT2D eigenvalue weighted by Crippen LogP contribution is -2.43. The molecule has 2 aliphatic rings. The highest BCUT2D eigenvalue weighted by Crippen LogP contribution is 2.34. The highest BCUT2D eigenvalue weighted by molar-refractivity contribution is 5.91. The molecule has 208 valence electrons. The fourth-order valence-electron chi connectivity index (χ4n) is 5.96. The molecule has 0 bridgehead atoms. The molecule has 0 spiro atoms. The van der Waals surface area contributed by atoms with Gasteiger partial charge in [0.05, 0.1) is 31.0 Å². The second-order valence-corrected chi connectivity index (χ2v) is 10.4. The number of nitrogens with zero attached hydrogens (tertiary/aromatic N) is 5. The maximum absolute atomic E-state index is 11.9. The van der Waals surface area contributed by atoms with Crippen molar-refractivity contribution in [3.63, 3.8) is 0 Å². The quantitative estimate of drug-likeness (QED) is 0.324. The predicted octanol–water partition coefficient (Wildman–Crippen LogP) is 4.61. The molecule has 2 fully saturated rings. The zero-order valence-corrected chi connectivity index (χ0v) is 23.0. The van der Waals surface area contributed by atoms with Crippen molar-refractivity contribution in [1.29, 1.82) is 0 Å². The van der Waals surface area contributed by atoms with Crippen LogP contribution in [-0.2, 0) is 4.74 Å². The second-order valence-electron chi connectivity index (χ2n) is 10.4. The summed E-state index contributed by atoms with van der Waals surface area (Å²) in [5, 5.41) is 3.14. The number of ether oxygens (including phenoxy) is 2. The molecule has 3 N–H and O–H groups in total. The molecule has 2 aromatic carbocycles. The Balaban J connectivity index is 1.23. The van der Waals surface area contributed by atoms with Crippen LogP contribution in [0, 0.1) is 0 Å². The summed E-state index contributed by atoms with van der Waals surface area (Å²) in [7, 11) is 3.05. The standard InChI is InChI=1S/C30H35N7O3/c1-39-26-19-23(36-15-10-22(11-16-36)35-13-3-4-14-35)8-9-25(26)37-17-12-24-27(37)28(31)34-30(33-24)32-21-7-5-6-20(18-21)29(38)40-2/h5-9,12,17-19,22H,3-4,10-11,13-16H2,1-2H3,(H3,31,32,33,34). The molecule has 2 saturated heterocycles. The molecule has 4 heterocycles. The average molecular weight is 542 g/mol. The number of aromatic nitrogens is 3. The summed E-state index contributed by atoms with van der Waals surface area (Å²) in [5.74, 6) is 1.02. The number of piperidine rings is 1. The Morgan fingerprint density at radius 2 is 1.80 bits per heavy atom. The molecule has 40 heavy (non-hydrogen) atoms. The number of carbonyl (C=O) groups is 1. The van der Waals surface area contributed by atoms with Gasteiger partial charge < -0.3 is 34.9 Å². The van der Waals surface area contributed by atoms with E-state index in [9.17, 15) is 4.79 Å². The van der Waals surface area contributed by atoms with Gasteiger partial charge in [-0.3, -0.25) is 0 Å². The van der Waals surface area contributed by atoms with E-state index in [2.05, 4.69) is 43.3 Å². The Kier molecular flexibility index (Phi) is 7.17. The normalized spacial score (nSPS) is 16.4. The number of hydrogen-bond acceptors (Lipinski definition) is 9. The fourth-order valence-corrected chi connectivity index (χ4v) is 5.96. The molecule has 10 heteroatoms. The van der Waals surface area contributed by atoms with Crippen molar-refractivity contribution < 1.29 is 14.3 Å². The van der Waals surface area contributed by atoms with Gasteiger partial charge in [-0.2, -0.15) is 4.98 Å². The van der Waals surface area contributed by atoms with Crippen LogP contribution in [0.3, 0.4) is 0 Å². The number of nitrogens with one attached hydrogen (secondary N) is 1. The number of esters is 1. The van der Waals surface area contributed by atoms with E-state index >= 15 is 0 Å². The van der Waals surface area contributed by atoms with Crippen molar-refractivity contribution in [2.75, 3.05) is 56.3 Å². The van der Waals surface area contributed by atoms with E-state index in [1.54, 1.807) is 25.3 Å². The van der Waals surface area contributed by atoms with Gasteiger partial charge in [-0.1, -0.05) is 6.07 Å². The summed E-state index contributed by atoms with van der Waals surface area (Å²) >= 11 is 0. The molecule has 2 aliphatic heterocycles. The van der Waals surface area contributed by atoms with Crippen LogP contribution in [0.4, 0.5) is 23.1 Å². The number of nitrogen functional groups attached to an aromatic ring is 1. The summed E-state index contributed by atoms with van der Waals surface area (Å²) in [6.45, 7) is 4.61. The number of nitrogens with two attached hydrogens (primary N) is 1. The molecule has 0 atom stereocenters. The Bertz CT molecular complexity index is 1520. The number of fused-ring (bicyclic) bond motifs is 1. The SMILES string of the molecule is COC(=O)c1cccc(Nc2nc(N)c3c(ccn3-c3ccc(N4CCC(N5CCCC5)CC4)cc3OC)n2)c1. The largest absolute Gasteiger partial charge is 0.494 e. The van der Waals surface area contributed by atoms with E-state index in [0.717, 1.165) is 24.5 Å². The summed E-state index contributed by atoms with van der Waals surface area (Å²) in [5.41, 5.74) is 11.0. The van der Waals surface area contributed by atoms with Gasteiger partial charge in [-0.15, -0.1) is 0 Å². The zero-order valence-electron chi connectivity index (χ0n) is 23.0. The monoisotopic (exact) mass is 541 g/mol. The van der Waals surface area contributed by atoms with Gasteiger partial charge in [0.1, 0.15) is 11.3 Å². The highest BCUT2D eigenvalue weighted by Gasteiger charge is 2.27. The van der Waals surface area contributed by atoms with Crippen molar-refractivity contribution >= 4 is 40.1 Å². The van der Waals surface area contributed by atoms with E-state index in [-0.39, 0.29) is 0 Å². The van der Waals surface area contributed by atoms with Gasteiger partial charge in [0, 0.05) is 42.8 Å². The number of likely N-dealkylation sites (tertiary alicyclic amines) is 1. The first-order chi connectivity index (χ1) is 19.5. The summed E-state index contributed by atoms with van der Waals surface area (Å²) < 4.78 is 12.6. The van der Waals surface area contributed by atoms with E-state index in [4.69, 9.17) is 15.2 Å². The maximum Gasteiger partial charge on any atom is 0.337 e. The van der Waals surface area contributed by atoms with Crippen LogP contribution in [0.25, 0.3) is 16.7 Å². The van der Waals surface area contributed by atoms with Gasteiger partial charge in [0.15, 0.2) is 5.82 Å². The smallest absolute Gasteiger partial charge is 0.337 e. The van der Waals surface area contributed by atoms with Gasteiger partial charge in [0.2, 0.25) is 5.95 Å². The fraction of sp³-hybridized carbons (Fsp3) is 0.367. The summed E-state index contributed by atoms with van der Waals surface area (Å²) in [6, 6.07) is 15.9. The molecular weight excluding hydrogens is 506 g/mol. The molecule has 2 aromatic heterocycles. The minimum Gasteiger partial charge on any atom is -0.494 e. The zero-order chi connectivity index (χ0) is 27.6. The average Bonchev–Trinajstić information content (AvgIpc) is 3.68. The first kappa shape index (κ1) is 25.9. The van der Waals surface area contributed by atoms with Crippen LogP contribution >= 0.6 is 0 Å². The molecule has 0 unspecified atom stereocenters. The van der Waals surface area contributed by atoms with Crippen molar-refractivity contribution in [2.24, 2.45) is 0 Å². The number of benzene rings is 2. The molecule has 0 radical (unpaired) electrons. The number of anilines is 4. The van der Waals surface area contributed by atoms with Crippen LogP contribution in [0.2, 0.25) is 0 Å². The van der Waals surface area contributed by atoms with E-state index in [0.29, 0.717) is 40.1 Å². The first-order valence-corrected chi connectivity index (χ1v) is 13.8. The molecular formula is C30H35N7O3. The highest BCUT2D eigenvalue weighted by atomic mass is 16.5. The third kappa shape index (κ3) is 5.02. The molecule has 0 aliphatic carbocycles. The van der Waals surface area contributed by atoms with Crippen molar-refractivity contribution in [3.05, 3.63) is 60.3 Å². The van der Waals surface area contributed by atoms with Crippen LogP contribution in [0.5, 0.6) is 5.75 Å². The lowest BCUT2D eigenvalue weighted by atomic mass is 10.0. The Hall–Kier alpha value is -4.31. The third-order valence-electron chi connectivity index (χ3n) is 8.01. The lowest BCUT2D eigenvalue weighted by molar-refractivity contribution is 0.0601. The molecule has 10 nitrogen and oxygen atoms in total. The predicted molar refractivity (Wildman–Crippen MR) is 157 cm³/mol. The van der Waals surface area contributed by atoms with Crippen LogP contribution in [0.1, 0.15) is 36.0 Å². The van der Waals surface area contributed by atoms with E-state index < -0.39 is 5.97 Å². The summed E-state index contributed by atoms with van der Waals surface area (Å²) in [6.07, 6.45) is 7.00. The van der Waals surface area contributed by atoms with Gasteiger partial charge in [0.25, 0.3) is 0 Å². The summed E-state index contributed by atoms with van der Waals surface area (Å²) in [4.78, 5) is 26.2. The van der Waals surface area contributed by atoms with Gasteiger partial charge >= 0.3 is 5.97 Å². The second kappa shape index (κ2) is 11.1. The Labute approximate surface area is 233 Å². The maximum atomic E-state index is 11.9. The minimum absolute atomic E-state index is 0.330. The Morgan fingerprint density at radius 1 is 1.00 bits per heavy atom.